The Kier molecular flexibility index (Phi) is 4.83. The normalized spacial score (nSPS) is 12.5. The summed E-state index contributed by atoms with van der Waals surface area (Å²) in [5, 5.41) is 0. The molecule has 0 aromatic heterocycles. The van der Waals surface area contributed by atoms with Gasteiger partial charge in [0.05, 0.1) is 0 Å². The molecule has 0 spiro atoms. The van der Waals surface area contributed by atoms with Gasteiger partial charge in [-0.3, -0.25) is 0 Å². The molecule has 0 aliphatic carbocycles. The highest BCUT2D eigenvalue weighted by Crippen LogP contribution is 2.09. The fraction of sp³-hybridized carbons (Fsp3) is 1.00. The summed E-state index contributed by atoms with van der Waals surface area (Å²) in [6.07, 6.45) is 0. The van der Waals surface area contributed by atoms with E-state index in [1.807, 2.05) is 13.8 Å². The summed E-state index contributed by atoms with van der Waals surface area (Å²) in [4.78, 5) is 0. The highest BCUT2D eigenvalue weighted by Gasteiger charge is 2.41. The molecule has 0 rings (SSSR count). The molecule has 0 bridgehead atoms. The van der Waals surface area contributed by atoms with Gasteiger partial charge in [-0.1, -0.05) is 13.8 Å². The monoisotopic (exact) mass is 182 g/mol. The van der Waals surface area contributed by atoms with Gasteiger partial charge in [-0.25, -0.2) is 4.11 Å². The van der Waals surface area contributed by atoms with E-state index in [-0.39, 0.29) is 5.92 Å². The highest BCUT2D eigenvalue weighted by molar-refractivity contribution is 6.52. The van der Waals surface area contributed by atoms with Gasteiger partial charge in [0.2, 0.25) is 0 Å². The zero-order valence-corrected chi connectivity index (χ0v) is 8.39. The van der Waals surface area contributed by atoms with Crippen LogP contribution < -0.4 is 0 Å². The minimum atomic E-state index is -3.76. The average Bonchev–Trinajstić information content (AvgIpc) is 2.00. The van der Waals surface area contributed by atoms with Crippen LogP contribution in [0, 0.1) is 5.92 Å². The van der Waals surface area contributed by atoms with Gasteiger partial charge in [0.1, 0.15) is 0 Å². The second kappa shape index (κ2) is 4.81. The standard InChI is InChI=1S/C6H15FO3Si/c1-6(2)5-10-11(7,8-3)9-4/h6H,5H2,1-4H3. The maximum atomic E-state index is 13.1. The van der Waals surface area contributed by atoms with E-state index < -0.39 is 9.14 Å². The summed E-state index contributed by atoms with van der Waals surface area (Å²) in [5.74, 6) is 0.280. The lowest BCUT2D eigenvalue weighted by Gasteiger charge is -2.17. The van der Waals surface area contributed by atoms with Gasteiger partial charge in [0.25, 0.3) is 0 Å². The Morgan fingerprint density at radius 1 is 1.27 bits per heavy atom. The topological polar surface area (TPSA) is 27.7 Å². The summed E-state index contributed by atoms with van der Waals surface area (Å²) in [6.45, 7) is 4.19. The Hall–Kier alpha value is 0.0269. The van der Waals surface area contributed by atoms with Crippen LogP contribution in [-0.4, -0.2) is 30.0 Å². The molecule has 0 heterocycles. The lowest BCUT2D eigenvalue weighted by molar-refractivity contribution is 0.0458. The molecule has 0 radical (unpaired) electrons. The van der Waals surface area contributed by atoms with Gasteiger partial charge >= 0.3 is 9.14 Å². The molecule has 0 aliphatic heterocycles. The smallest absolute Gasteiger partial charge is 0.352 e. The quantitative estimate of drug-likeness (QED) is 0.474. The molecular formula is C6H15FO3Si. The van der Waals surface area contributed by atoms with Crippen LogP contribution in [0.1, 0.15) is 13.8 Å². The first-order chi connectivity index (χ1) is 5.04. The van der Waals surface area contributed by atoms with Crippen molar-refractivity contribution in [3.63, 3.8) is 0 Å². The summed E-state index contributed by atoms with van der Waals surface area (Å²) >= 11 is 0. The number of hydrogen-bond donors (Lipinski definition) is 0. The third-order valence-corrected chi connectivity index (χ3v) is 2.56. The van der Waals surface area contributed by atoms with Crippen LogP contribution in [0.4, 0.5) is 4.11 Å². The van der Waals surface area contributed by atoms with Crippen LogP contribution in [0.25, 0.3) is 0 Å². The van der Waals surface area contributed by atoms with Crippen LogP contribution in [0.2, 0.25) is 0 Å². The first-order valence-corrected chi connectivity index (χ1v) is 5.07. The summed E-state index contributed by atoms with van der Waals surface area (Å²) in [5.41, 5.74) is 0. The van der Waals surface area contributed by atoms with Crippen molar-refractivity contribution >= 4 is 9.14 Å². The van der Waals surface area contributed by atoms with Crippen molar-refractivity contribution in [2.45, 2.75) is 13.8 Å². The van der Waals surface area contributed by atoms with Gasteiger partial charge in [-0.2, -0.15) is 0 Å². The minimum absolute atomic E-state index is 0.280. The molecular weight excluding hydrogens is 167 g/mol. The molecule has 0 N–H and O–H groups in total. The van der Waals surface area contributed by atoms with Crippen LogP contribution >= 0.6 is 0 Å². The molecule has 0 saturated heterocycles. The van der Waals surface area contributed by atoms with E-state index in [2.05, 4.69) is 8.85 Å². The van der Waals surface area contributed by atoms with Crippen molar-refractivity contribution in [2.24, 2.45) is 5.92 Å². The van der Waals surface area contributed by atoms with Crippen LogP contribution in [0.3, 0.4) is 0 Å². The molecule has 0 amide bonds. The molecule has 0 fully saturated rings. The maximum absolute atomic E-state index is 13.1. The van der Waals surface area contributed by atoms with Gasteiger partial charge in [0, 0.05) is 20.8 Å². The molecule has 0 aromatic rings. The van der Waals surface area contributed by atoms with E-state index in [0.29, 0.717) is 6.61 Å². The Balaban J connectivity index is 3.69. The van der Waals surface area contributed by atoms with Crippen molar-refractivity contribution in [3.05, 3.63) is 0 Å². The average molecular weight is 182 g/mol. The van der Waals surface area contributed by atoms with Crippen LogP contribution in [0.5, 0.6) is 0 Å². The second-order valence-corrected chi connectivity index (χ2v) is 4.66. The Morgan fingerprint density at radius 3 is 2.00 bits per heavy atom. The van der Waals surface area contributed by atoms with Gasteiger partial charge in [-0.05, 0) is 5.92 Å². The predicted octanol–water partition coefficient (Wildman–Crippen LogP) is 1.36. The Bertz CT molecular complexity index is 106. The SMILES string of the molecule is CO[Si](F)(OC)OCC(C)C. The fourth-order valence-electron chi connectivity index (χ4n) is 0.467. The lowest BCUT2D eigenvalue weighted by Crippen LogP contribution is -2.39. The lowest BCUT2D eigenvalue weighted by atomic mass is 10.2. The molecule has 0 aromatic carbocycles. The number of halogens is 1. The molecule has 0 atom stereocenters. The zero-order valence-electron chi connectivity index (χ0n) is 7.39. The van der Waals surface area contributed by atoms with Crippen molar-refractivity contribution in [2.75, 3.05) is 20.8 Å². The van der Waals surface area contributed by atoms with Crippen molar-refractivity contribution < 1.29 is 17.4 Å². The van der Waals surface area contributed by atoms with E-state index in [4.69, 9.17) is 4.43 Å². The van der Waals surface area contributed by atoms with E-state index in [0.717, 1.165) is 0 Å². The molecule has 11 heavy (non-hydrogen) atoms. The molecule has 0 aliphatic rings. The van der Waals surface area contributed by atoms with E-state index in [1.54, 1.807) is 0 Å². The second-order valence-electron chi connectivity index (χ2n) is 2.59. The third kappa shape index (κ3) is 4.47. The molecule has 5 heteroatoms. The summed E-state index contributed by atoms with van der Waals surface area (Å²) < 4.78 is 26.8. The van der Waals surface area contributed by atoms with Crippen LogP contribution in [0.15, 0.2) is 0 Å². The maximum Gasteiger partial charge on any atom is 0.719 e. The van der Waals surface area contributed by atoms with Crippen molar-refractivity contribution in [1.82, 2.24) is 0 Å². The fourth-order valence-corrected chi connectivity index (χ4v) is 1.40. The number of rotatable bonds is 5. The third-order valence-electron chi connectivity index (χ3n) is 1.08. The van der Waals surface area contributed by atoms with Gasteiger partial charge in [-0.15, -0.1) is 0 Å². The Labute approximate surface area is 68.0 Å². The summed E-state index contributed by atoms with van der Waals surface area (Å²) in [6, 6.07) is 0. The predicted molar refractivity (Wildman–Crippen MR) is 41.7 cm³/mol. The molecule has 68 valence electrons. The van der Waals surface area contributed by atoms with Gasteiger partial charge in [0.15, 0.2) is 0 Å². The van der Waals surface area contributed by atoms with E-state index >= 15 is 0 Å². The zero-order chi connectivity index (χ0) is 8.91. The first-order valence-electron chi connectivity index (χ1n) is 3.47. The minimum Gasteiger partial charge on any atom is -0.352 e. The highest BCUT2D eigenvalue weighted by atomic mass is 28.4. The van der Waals surface area contributed by atoms with Crippen molar-refractivity contribution in [3.8, 4) is 0 Å². The van der Waals surface area contributed by atoms with E-state index in [1.165, 1.54) is 14.2 Å². The Morgan fingerprint density at radius 2 is 1.73 bits per heavy atom. The van der Waals surface area contributed by atoms with E-state index in [9.17, 15) is 4.11 Å². The van der Waals surface area contributed by atoms with Gasteiger partial charge < -0.3 is 13.3 Å². The molecule has 0 saturated carbocycles. The first kappa shape index (κ1) is 11.0. The largest absolute Gasteiger partial charge is 0.719 e. The van der Waals surface area contributed by atoms with Crippen LogP contribution in [-0.2, 0) is 13.3 Å². The summed E-state index contributed by atoms with van der Waals surface area (Å²) in [7, 11) is -1.27. The van der Waals surface area contributed by atoms with Crippen molar-refractivity contribution in [1.29, 1.82) is 0 Å². The molecule has 3 nitrogen and oxygen atoms in total. The molecule has 0 unspecified atom stereocenters. The number of hydrogen-bond acceptors (Lipinski definition) is 3.